The molecule has 1 aromatic rings. The fourth-order valence-corrected chi connectivity index (χ4v) is 1.25. The van der Waals surface area contributed by atoms with Crippen molar-refractivity contribution in [3.63, 3.8) is 0 Å². The van der Waals surface area contributed by atoms with Crippen molar-refractivity contribution in [2.24, 2.45) is 0 Å². The van der Waals surface area contributed by atoms with Gasteiger partial charge in [0.15, 0.2) is 6.61 Å². The summed E-state index contributed by atoms with van der Waals surface area (Å²) >= 11 is 0. The van der Waals surface area contributed by atoms with Gasteiger partial charge in [-0.2, -0.15) is 17.2 Å². The first-order valence-corrected chi connectivity index (χ1v) is 6.46. The number of hydrogen-bond donors (Lipinski definition) is 2. The molecule has 0 fully saturated rings. The molecular formula is C10H11F2NO5S. The predicted octanol–water partition coefficient (Wildman–Crippen LogP) is 1.39. The quantitative estimate of drug-likeness (QED) is 0.801. The fourth-order valence-electron chi connectivity index (χ4n) is 1.05. The fraction of sp³-hybridized carbons (Fsp3) is 0.300. The number of hydrogen-bond acceptors (Lipinski definition) is 4. The van der Waals surface area contributed by atoms with Crippen LogP contribution in [-0.4, -0.2) is 30.9 Å². The highest BCUT2D eigenvalue weighted by Gasteiger charge is 2.45. The second-order valence-corrected chi connectivity index (χ2v) is 5.08. The number of alkyl halides is 2. The van der Waals surface area contributed by atoms with Crippen molar-refractivity contribution in [2.75, 3.05) is 6.61 Å². The molecule has 0 saturated carbocycles. The van der Waals surface area contributed by atoms with Crippen LogP contribution in [-0.2, 0) is 21.4 Å². The number of alkyl carbamates (subject to hydrolysis) is 1. The zero-order valence-electron chi connectivity index (χ0n) is 9.55. The maximum Gasteiger partial charge on any atom is 0.407 e. The Kier molecular flexibility index (Phi) is 4.78. The molecule has 19 heavy (non-hydrogen) atoms. The summed E-state index contributed by atoms with van der Waals surface area (Å²) in [6.07, 6.45) is -1.22. The first-order chi connectivity index (χ1) is 8.72. The van der Waals surface area contributed by atoms with Crippen LogP contribution in [0.2, 0.25) is 0 Å². The minimum Gasteiger partial charge on any atom is -0.442 e. The summed E-state index contributed by atoms with van der Waals surface area (Å²) in [6.45, 7) is -1.72. The van der Waals surface area contributed by atoms with Gasteiger partial charge < -0.3 is 10.1 Å². The van der Waals surface area contributed by atoms with E-state index in [0.29, 0.717) is 5.56 Å². The van der Waals surface area contributed by atoms with Crippen LogP contribution in [0, 0.1) is 0 Å². The zero-order valence-corrected chi connectivity index (χ0v) is 10.4. The van der Waals surface area contributed by atoms with E-state index in [-0.39, 0.29) is 6.54 Å². The Hall–Kier alpha value is -1.74. The third kappa shape index (κ3) is 4.79. The van der Waals surface area contributed by atoms with Crippen LogP contribution in [0.5, 0.6) is 0 Å². The molecule has 2 N–H and O–H groups in total. The molecule has 6 nitrogen and oxygen atoms in total. The Morgan fingerprint density at radius 2 is 1.89 bits per heavy atom. The van der Waals surface area contributed by atoms with E-state index >= 15 is 0 Å². The normalized spacial score (nSPS) is 11.9. The Bertz CT molecular complexity index is 532. The van der Waals surface area contributed by atoms with Crippen LogP contribution in [0.1, 0.15) is 5.56 Å². The SMILES string of the molecule is O=C(NCc1ccccc1)OCC(F)(F)S(=O)(=O)O. The predicted molar refractivity (Wildman–Crippen MR) is 61.1 cm³/mol. The molecule has 106 valence electrons. The summed E-state index contributed by atoms with van der Waals surface area (Å²) in [5.41, 5.74) is 0.709. The van der Waals surface area contributed by atoms with Crippen LogP contribution >= 0.6 is 0 Å². The number of nitrogens with one attached hydrogen (secondary N) is 1. The topological polar surface area (TPSA) is 92.7 Å². The van der Waals surface area contributed by atoms with Gasteiger partial charge in [0.2, 0.25) is 0 Å². The zero-order chi connectivity index (χ0) is 14.5. The van der Waals surface area contributed by atoms with E-state index in [4.69, 9.17) is 4.55 Å². The summed E-state index contributed by atoms with van der Waals surface area (Å²) in [5, 5.41) is -2.38. The van der Waals surface area contributed by atoms with Crippen molar-refractivity contribution >= 4 is 16.2 Å². The first-order valence-electron chi connectivity index (χ1n) is 5.02. The molecule has 0 bridgehead atoms. The van der Waals surface area contributed by atoms with E-state index in [1.165, 1.54) is 0 Å². The smallest absolute Gasteiger partial charge is 0.407 e. The van der Waals surface area contributed by atoms with E-state index in [1.807, 2.05) is 0 Å². The van der Waals surface area contributed by atoms with E-state index in [2.05, 4.69) is 10.1 Å². The van der Waals surface area contributed by atoms with Crippen LogP contribution in [0.3, 0.4) is 0 Å². The Balaban J connectivity index is 2.41. The molecule has 0 unspecified atom stereocenters. The maximum absolute atomic E-state index is 12.7. The highest BCUT2D eigenvalue weighted by atomic mass is 32.2. The Morgan fingerprint density at radius 3 is 2.42 bits per heavy atom. The van der Waals surface area contributed by atoms with Gasteiger partial charge in [0.05, 0.1) is 0 Å². The van der Waals surface area contributed by atoms with E-state index < -0.39 is 28.1 Å². The summed E-state index contributed by atoms with van der Waals surface area (Å²) in [4.78, 5) is 11.0. The number of ether oxygens (including phenoxy) is 1. The van der Waals surface area contributed by atoms with Gasteiger partial charge in [0.1, 0.15) is 0 Å². The Labute approximate surface area is 108 Å². The highest BCUT2D eigenvalue weighted by molar-refractivity contribution is 7.86. The molecule has 0 aliphatic carbocycles. The third-order valence-corrected chi connectivity index (χ3v) is 2.90. The van der Waals surface area contributed by atoms with Crippen molar-refractivity contribution in [1.82, 2.24) is 5.32 Å². The maximum atomic E-state index is 12.7. The molecule has 0 saturated heterocycles. The average Bonchev–Trinajstić information content (AvgIpc) is 2.34. The first kappa shape index (κ1) is 15.3. The number of halogens is 2. The minimum absolute atomic E-state index is 0.0388. The van der Waals surface area contributed by atoms with Gasteiger partial charge in [-0.25, -0.2) is 4.79 Å². The summed E-state index contributed by atoms with van der Waals surface area (Å²) in [7, 11) is -5.60. The number of carbonyl (C=O) groups excluding carboxylic acids is 1. The van der Waals surface area contributed by atoms with Crippen molar-refractivity contribution < 1.29 is 31.3 Å². The van der Waals surface area contributed by atoms with Gasteiger partial charge in [-0.05, 0) is 5.56 Å². The standard InChI is InChI=1S/C10H11F2NO5S/c11-10(12,19(15,16)17)7-18-9(14)13-6-8-4-2-1-3-5-8/h1-5H,6-7H2,(H,13,14)(H,15,16,17). The molecule has 0 aromatic heterocycles. The molecule has 0 spiro atoms. The lowest BCUT2D eigenvalue weighted by molar-refractivity contribution is 0.00729. The number of benzene rings is 1. The van der Waals surface area contributed by atoms with Gasteiger partial charge in [0, 0.05) is 6.54 Å². The van der Waals surface area contributed by atoms with Gasteiger partial charge >= 0.3 is 21.5 Å². The monoisotopic (exact) mass is 295 g/mol. The van der Waals surface area contributed by atoms with E-state index in [9.17, 15) is 22.0 Å². The van der Waals surface area contributed by atoms with Crippen molar-refractivity contribution in [2.45, 2.75) is 11.8 Å². The van der Waals surface area contributed by atoms with Gasteiger partial charge in [-0.3, -0.25) is 4.55 Å². The second-order valence-electron chi connectivity index (χ2n) is 3.53. The molecule has 1 amide bonds. The molecule has 0 heterocycles. The van der Waals surface area contributed by atoms with E-state index in [0.717, 1.165) is 0 Å². The van der Waals surface area contributed by atoms with Gasteiger partial charge in [-0.15, -0.1) is 0 Å². The number of rotatable bonds is 5. The van der Waals surface area contributed by atoms with Crippen molar-refractivity contribution in [3.05, 3.63) is 35.9 Å². The molecule has 1 rings (SSSR count). The highest BCUT2D eigenvalue weighted by Crippen LogP contribution is 2.20. The lowest BCUT2D eigenvalue weighted by Crippen LogP contribution is -2.36. The molecule has 0 atom stereocenters. The van der Waals surface area contributed by atoms with Gasteiger partial charge in [-0.1, -0.05) is 30.3 Å². The van der Waals surface area contributed by atoms with E-state index in [1.54, 1.807) is 30.3 Å². The lowest BCUT2D eigenvalue weighted by Gasteiger charge is -2.13. The molecule has 0 radical (unpaired) electrons. The molecular weight excluding hydrogens is 284 g/mol. The van der Waals surface area contributed by atoms with Crippen LogP contribution in [0.15, 0.2) is 30.3 Å². The minimum atomic E-state index is -5.60. The van der Waals surface area contributed by atoms with Crippen LogP contribution in [0.25, 0.3) is 0 Å². The number of amides is 1. The van der Waals surface area contributed by atoms with Crippen molar-refractivity contribution in [1.29, 1.82) is 0 Å². The molecule has 0 aliphatic rings. The lowest BCUT2D eigenvalue weighted by atomic mass is 10.2. The molecule has 0 aliphatic heterocycles. The van der Waals surface area contributed by atoms with Crippen LogP contribution < -0.4 is 5.32 Å². The summed E-state index contributed by atoms with van der Waals surface area (Å²) in [5.74, 6) is 0. The summed E-state index contributed by atoms with van der Waals surface area (Å²) < 4.78 is 58.1. The van der Waals surface area contributed by atoms with Crippen LogP contribution in [0.4, 0.5) is 13.6 Å². The largest absolute Gasteiger partial charge is 0.442 e. The number of carbonyl (C=O) groups is 1. The average molecular weight is 295 g/mol. The molecule has 9 heteroatoms. The summed E-state index contributed by atoms with van der Waals surface area (Å²) in [6, 6.07) is 8.57. The second kappa shape index (κ2) is 5.93. The molecule has 1 aromatic carbocycles. The Morgan fingerprint density at radius 1 is 1.32 bits per heavy atom. The van der Waals surface area contributed by atoms with Crippen molar-refractivity contribution in [3.8, 4) is 0 Å². The third-order valence-electron chi connectivity index (χ3n) is 2.03. The van der Waals surface area contributed by atoms with Gasteiger partial charge in [0.25, 0.3) is 0 Å².